The van der Waals surface area contributed by atoms with Crippen molar-refractivity contribution in [1.82, 2.24) is 24.6 Å². The van der Waals surface area contributed by atoms with Crippen molar-refractivity contribution in [1.29, 1.82) is 0 Å². The Kier molecular flexibility index (Phi) is 8.47. The van der Waals surface area contributed by atoms with Crippen LogP contribution in [0.15, 0.2) is 12.7 Å². The summed E-state index contributed by atoms with van der Waals surface area (Å²) < 4.78 is 37.1. The Morgan fingerprint density at radius 2 is 1.83 bits per heavy atom. The quantitative estimate of drug-likeness (QED) is 0.296. The molecule has 0 bridgehead atoms. The number of imidazole rings is 1. The number of rotatable bonds is 13. The van der Waals surface area contributed by atoms with E-state index in [4.69, 9.17) is 24.5 Å². The van der Waals surface area contributed by atoms with Crippen molar-refractivity contribution in [2.24, 2.45) is 0 Å². The summed E-state index contributed by atoms with van der Waals surface area (Å²) in [6.07, 6.45) is 2.24. The van der Waals surface area contributed by atoms with E-state index in [9.17, 15) is 14.2 Å². The van der Waals surface area contributed by atoms with Crippen molar-refractivity contribution < 1.29 is 32.9 Å². The highest BCUT2D eigenvalue weighted by atomic mass is 31.2. The van der Waals surface area contributed by atoms with Gasteiger partial charge in [0, 0.05) is 0 Å². The molecule has 3 rings (SSSR count). The highest BCUT2D eigenvalue weighted by molar-refractivity contribution is 7.56. The van der Waals surface area contributed by atoms with E-state index >= 15 is 0 Å². The number of nitrogens with two attached hydrogens (primary N) is 1. The number of carbonyl (C=O) groups is 2. The number of aromatic nitrogens is 4. The van der Waals surface area contributed by atoms with E-state index < -0.39 is 37.7 Å². The Labute approximate surface area is 203 Å². The first-order chi connectivity index (χ1) is 16.4. The van der Waals surface area contributed by atoms with Crippen molar-refractivity contribution in [3.8, 4) is 0 Å². The van der Waals surface area contributed by atoms with Crippen molar-refractivity contribution in [2.45, 2.75) is 77.9 Å². The molecule has 0 amide bonds. The smallest absolute Gasteiger partial charge is 0.332 e. The van der Waals surface area contributed by atoms with Gasteiger partial charge in [0.05, 0.1) is 31.2 Å². The van der Waals surface area contributed by atoms with Gasteiger partial charge in [-0.05, 0) is 47.5 Å². The molecule has 0 saturated heterocycles. The summed E-state index contributed by atoms with van der Waals surface area (Å²) in [6, 6.07) is 0. The molecule has 1 aliphatic carbocycles. The maximum absolute atomic E-state index is 13.7. The predicted octanol–water partition coefficient (Wildman–Crippen LogP) is 2.01. The minimum absolute atomic E-state index is 0.265. The van der Waals surface area contributed by atoms with Crippen LogP contribution in [0.2, 0.25) is 0 Å². The lowest BCUT2D eigenvalue weighted by Gasteiger charge is -2.26. The van der Waals surface area contributed by atoms with Crippen LogP contribution in [0, 0.1) is 0 Å². The van der Waals surface area contributed by atoms with E-state index in [-0.39, 0.29) is 24.4 Å². The molecule has 2 heterocycles. The van der Waals surface area contributed by atoms with Crippen LogP contribution >= 0.6 is 7.52 Å². The van der Waals surface area contributed by atoms with Crippen molar-refractivity contribution in [2.75, 3.05) is 18.7 Å². The van der Waals surface area contributed by atoms with Crippen LogP contribution in [0.1, 0.15) is 47.5 Å². The number of esters is 2. The molecule has 0 aromatic carbocycles. The molecular weight excluding hydrogens is 479 g/mol. The van der Waals surface area contributed by atoms with Crippen LogP contribution in [-0.2, 0) is 39.4 Å². The number of ether oxygens (including phenoxy) is 3. The SMILES string of the molecule is CC(C)OC(=O)CO[P@@](=O)(CO[C@H](C)Cn1cnc2c(N)ncnc21)NC1(C(=O)OC(C)C)CC1. The zero-order valence-electron chi connectivity index (χ0n) is 20.6. The third kappa shape index (κ3) is 7.20. The lowest BCUT2D eigenvalue weighted by atomic mass is 10.3. The van der Waals surface area contributed by atoms with E-state index in [0.717, 1.165) is 0 Å². The molecular formula is C21H33N6O7P. The minimum Gasteiger partial charge on any atom is -0.462 e. The van der Waals surface area contributed by atoms with E-state index in [1.165, 1.54) is 6.33 Å². The molecule has 13 nitrogen and oxygen atoms in total. The van der Waals surface area contributed by atoms with Gasteiger partial charge in [-0.3, -0.25) is 9.36 Å². The van der Waals surface area contributed by atoms with Gasteiger partial charge in [0.2, 0.25) is 0 Å². The number of hydrogen-bond donors (Lipinski definition) is 2. The first kappa shape index (κ1) is 27.0. The Balaban J connectivity index is 1.68. The van der Waals surface area contributed by atoms with Gasteiger partial charge in [0.25, 0.3) is 7.52 Å². The van der Waals surface area contributed by atoms with Crippen molar-refractivity contribution in [3.05, 3.63) is 12.7 Å². The van der Waals surface area contributed by atoms with Gasteiger partial charge in [-0.1, -0.05) is 0 Å². The zero-order valence-corrected chi connectivity index (χ0v) is 21.5. The van der Waals surface area contributed by atoms with Crippen molar-refractivity contribution >= 4 is 36.4 Å². The van der Waals surface area contributed by atoms with E-state index in [1.807, 2.05) is 0 Å². The van der Waals surface area contributed by atoms with Gasteiger partial charge in [0.1, 0.15) is 23.7 Å². The van der Waals surface area contributed by atoms with E-state index in [0.29, 0.717) is 30.6 Å². The summed E-state index contributed by atoms with van der Waals surface area (Å²) in [4.78, 5) is 36.9. The van der Waals surface area contributed by atoms with Gasteiger partial charge in [0.15, 0.2) is 18.1 Å². The maximum atomic E-state index is 13.7. The highest BCUT2D eigenvalue weighted by Crippen LogP contribution is 2.51. The van der Waals surface area contributed by atoms with Crippen LogP contribution < -0.4 is 10.8 Å². The predicted molar refractivity (Wildman–Crippen MR) is 126 cm³/mol. The number of fused-ring (bicyclic) bond motifs is 1. The molecule has 14 heteroatoms. The number of hydrogen-bond acceptors (Lipinski definition) is 11. The molecule has 35 heavy (non-hydrogen) atoms. The van der Waals surface area contributed by atoms with Gasteiger partial charge in [-0.25, -0.2) is 24.8 Å². The molecule has 0 aliphatic heterocycles. The fraction of sp³-hybridized carbons (Fsp3) is 0.667. The standard InChI is InChI=1S/C21H33N6O7P/c1-13(2)33-16(28)9-32-35(30,26-21(6-7-21)20(29)34-14(3)4)12-31-15(5)8-27-11-25-17-18(22)23-10-24-19(17)27/h10-11,13-15H,6-9,12H2,1-5H3,(H,26,30)(H2,22,23,24)/t15-,35+/m1/s1. The third-order valence-corrected chi connectivity index (χ3v) is 6.84. The van der Waals surface area contributed by atoms with Crippen LogP contribution in [0.3, 0.4) is 0 Å². The van der Waals surface area contributed by atoms with Crippen LogP contribution in [0.4, 0.5) is 5.82 Å². The van der Waals surface area contributed by atoms with Crippen LogP contribution in [0.25, 0.3) is 11.2 Å². The van der Waals surface area contributed by atoms with Crippen LogP contribution in [-0.4, -0.2) is 68.3 Å². The monoisotopic (exact) mass is 512 g/mol. The molecule has 1 aliphatic rings. The third-order valence-electron chi connectivity index (χ3n) is 5.04. The summed E-state index contributed by atoms with van der Waals surface area (Å²) >= 11 is 0. The second kappa shape index (κ2) is 11.0. The first-order valence-electron chi connectivity index (χ1n) is 11.4. The zero-order chi connectivity index (χ0) is 25.8. The molecule has 194 valence electrons. The average molecular weight is 513 g/mol. The van der Waals surface area contributed by atoms with E-state index in [1.54, 1.807) is 45.5 Å². The summed E-state index contributed by atoms with van der Waals surface area (Å²) in [7, 11) is -3.82. The molecule has 0 unspecified atom stereocenters. The number of nitrogens with one attached hydrogen (secondary N) is 1. The van der Waals surface area contributed by atoms with E-state index in [2.05, 4.69) is 20.0 Å². The molecule has 2 aromatic heterocycles. The molecule has 2 aromatic rings. The minimum atomic E-state index is -3.82. The maximum Gasteiger partial charge on any atom is 0.332 e. The number of carbonyl (C=O) groups excluding carboxylic acids is 2. The van der Waals surface area contributed by atoms with Gasteiger partial charge in [-0.2, -0.15) is 0 Å². The highest BCUT2D eigenvalue weighted by Gasteiger charge is 2.55. The molecule has 2 atom stereocenters. The summed E-state index contributed by atoms with van der Waals surface area (Å²) in [5, 5.41) is 2.82. The second-order valence-electron chi connectivity index (χ2n) is 9.07. The summed E-state index contributed by atoms with van der Waals surface area (Å²) in [6.45, 7) is 8.39. The largest absolute Gasteiger partial charge is 0.462 e. The first-order valence-corrected chi connectivity index (χ1v) is 13.2. The van der Waals surface area contributed by atoms with Gasteiger partial charge < -0.3 is 29.0 Å². The van der Waals surface area contributed by atoms with Crippen molar-refractivity contribution in [3.63, 3.8) is 0 Å². The lowest BCUT2D eigenvalue weighted by Crippen LogP contribution is -2.41. The number of nitrogens with zero attached hydrogens (tertiary/aromatic N) is 4. The van der Waals surface area contributed by atoms with Gasteiger partial charge in [-0.15, -0.1) is 0 Å². The molecule has 0 radical (unpaired) electrons. The molecule has 3 N–H and O–H groups in total. The van der Waals surface area contributed by atoms with Gasteiger partial charge >= 0.3 is 11.9 Å². The fourth-order valence-electron chi connectivity index (χ4n) is 3.28. The molecule has 1 fully saturated rings. The number of nitrogen functional groups attached to an aromatic ring is 1. The topological polar surface area (TPSA) is 170 Å². The average Bonchev–Trinajstić information content (AvgIpc) is 3.43. The summed E-state index contributed by atoms with van der Waals surface area (Å²) in [5.41, 5.74) is 5.70. The Hall–Kier alpha value is -2.60. The number of anilines is 1. The summed E-state index contributed by atoms with van der Waals surface area (Å²) in [5.74, 6) is -0.927. The second-order valence-corrected chi connectivity index (χ2v) is 11.2. The Bertz CT molecular complexity index is 1100. The fourth-order valence-corrected chi connectivity index (χ4v) is 5.22. The molecule has 0 spiro atoms. The normalized spacial score (nSPS) is 17.3. The lowest BCUT2D eigenvalue weighted by molar-refractivity contribution is -0.150. The Morgan fingerprint density at radius 1 is 1.14 bits per heavy atom. The van der Waals surface area contributed by atoms with Crippen LogP contribution in [0.5, 0.6) is 0 Å². The Morgan fingerprint density at radius 3 is 2.46 bits per heavy atom. The molecule has 1 saturated carbocycles.